The number of aromatic nitrogens is 2. The molecule has 0 unspecified atom stereocenters. The second kappa shape index (κ2) is 7.61. The van der Waals surface area contributed by atoms with Gasteiger partial charge >= 0.3 is 0 Å². The Balaban J connectivity index is 1.86. The maximum atomic E-state index is 12.7. The summed E-state index contributed by atoms with van der Waals surface area (Å²) in [5, 5.41) is 3.35. The van der Waals surface area contributed by atoms with Gasteiger partial charge in [0.2, 0.25) is 0 Å². The number of hydrogen-bond acceptors (Lipinski definition) is 5. The normalized spacial score (nSPS) is 14.6. The third-order valence-corrected chi connectivity index (χ3v) is 4.20. The summed E-state index contributed by atoms with van der Waals surface area (Å²) in [5.74, 6) is 1.52. The number of benzene rings is 1. The number of nitrogens with one attached hydrogen (secondary N) is 1. The molecule has 3 rings (SSSR count). The van der Waals surface area contributed by atoms with E-state index in [-0.39, 0.29) is 5.91 Å². The first kappa shape index (κ1) is 17.4. The molecule has 0 spiro atoms. The Bertz CT molecular complexity index is 755. The largest absolute Gasteiger partial charge is 0.378 e. The SMILES string of the molecule is Cc1nc(Nc2ccccc2C(C)C)cc(C(=O)N2CCOCC2)n1. The summed E-state index contributed by atoms with van der Waals surface area (Å²) in [7, 11) is 0. The van der Waals surface area contributed by atoms with Gasteiger partial charge in [-0.25, -0.2) is 9.97 Å². The van der Waals surface area contributed by atoms with Crippen LogP contribution in [-0.2, 0) is 4.74 Å². The summed E-state index contributed by atoms with van der Waals surface area (Å²) in [6.45, 7) is 8.45. The van der Waals surface area contributed by atoms with Crippen LogP contribution in [-0.4, -0.2) is 47.1 Å². The van der Waals surface area contributed by atoms with E-state index in [4.69, 9.17) is 4.74 Å². The van der Waals surface area contributed by atoms with Crippen molar-refractivity contribution in [2.75, 3.05) is 31.6 Å². The Morgan fingerprint density at radius 1 is 1.20 bits per heavy atom. The Morgan fingerprint density at radius 2 is 1.92 bits per heavy atom. The summed E-state index contributed by atoms with van der Waals surface area (Å²) < 4.78 is 5.31. The highest BCUT2D eigenvalue weighted by Crippen LogP contribution is 2.26. The van der Waals surface area contributed by atoms with E-state index in [9.17, 15) is 4.79 Å². The Labute approximate surface area is 148 Å². The molecule has 0 radical (unpaired) electrons. The highest BCUT2D eigenvalue weighted by molar-refractivity contribution is 5.93. The van der Waals surface area contributed by atoms with Crippen LogP contribution < -0.4 is 5.32 Å². The highest BCUT2D eigenvalue weighted by Gasteiger charge is 2.21. The monoisotopic (exact) mass is 340 g/mol. The van der Waals surface area contributed by atoms with Crippen LogP contribution in [0.2, 0.25) is 0 Å². The van der Waals surface area contributed by atoms with E-state index in [0.29, 0.717) is 49.6 Å². The lowest BCUT2D eigenvalue weighted by atomic mass is 10.0. The number of anilines is 2. The molecule has 2 heterocycles. The van der Waals surface area contributed by atoms with Crippen molar-refractivity contribution in [1.82, 2.24) is 14.9 Å². The minimum atomic E-state index is -0.0750. The number of rotatable bonds is 4. The van der Waals surface area contributed by atoms with E-state index < -0.39 is 0 Å². The molecular formula is C19H24N4O2. The first-order chi connectivity index (χ1) is 12.0. The third-order valence-electron chi connectivity index (χ3n) is 4.20. The molecule has 0 aliphatic carbocycles. The fraction of sp³-hybridized carbons (Fsp3) is 0.421. The zero-order valence-electron chi connectivity index (χ0n) is 15.0. The lowest BCUT2D eigenvalue weighted by Crippen LogP contribution is -2.41. The summed E-state index contributed by atoms with van der Waals surface area (Å²) >= 11 is 0. The van der Waals surface area contributed by atoms with Gasteiger partial charge in [0.1, 0.15) is 17.3 Å². The maximum absolute atomic E-state index is 12.7. The molecule has 1 aliphatic heterocycles. The van der Waals surface area contributed by atoms with Crippen molar-refractivity contribution in [1.29, 1.82) is 0 Å². The van der Waals surface area contributed by atoms with Crippen LogP contribution in [0.25, 0.3) is 0 Å². The average molecular weight is 340 g/mol. The molecule has 1 aromatic heterocycles. The molecule has 132 valence electrons. The Kier molecular flexibility index (Phi) is 5.28. The molecular weight excluding hydrogens is 316 g/mol. The predicted octanol–water partition coefficient (Wildman–Crippen LogP) is 3.12. The topological polar surface area (TPSA) is 67.4 Å². The van der Waals surface area contributed by atoms with Crippen LogP contribution in [0.1, 0.15) is 41.6 Å². The molecule has 1 aliphatic rings. The van der Waals surface area contributed by atoms with Crippen LogP contribution >= 0.6 is 0 Å². The number of amides is 1. The van der Waals surface area contributed by atoms with E-state index >= 15 is 0 Å². The lowest BCUT2D eigenvalue weighted by molar-refractivity contribution is 0.0299. The quantitative estimate of drug-likeness (QED) is 0.926. The van der Waals surface area contributed by atoms with E-state index in [2.05, 4.69) is 35.2 Å². The van der Waals surface area contributed by atoms with Gasteiger partial charge in [0.25, 0.3) is 5.91 Å². The molecule has 0 saturated carbocycles. The van der Waals surface area contributed by atoms with Crippen molar-refractivity contribution in [3.05, 3.63) is 47.4 Å². The molecule has 1 aromatic carbocycles. The van der Waals surface area contributed by atoms with Gasteiger partial charge in [0.15, 0.2) is 0 Å². The number of nitrogens with zero attached hydrogens (tertiary/aromatic N) is 3. The average Bonchev–Trinajstić information content (AvgIpc) is 2.61. The second-order valence-corrected chi connectivity index (χ2v) is 6.46. The van der Waals surface area contributed by atoms with Gasteiger partial charge in [-0.3, -0.25) is 4.79 Å². The van der Waals surface area contributed by atoms with E-state index in [1.54, 1.807) is 17.9 Å². The van der Waals surface area contributed by atoms with Crippen LogP contribution in [0.3, 0.4) is 0 Å². The maximum Gasteiger partial charge on any atom is 0.272 e. The number of aryl methyl sites for hydroxylation is 1. The van der Waals surface area contributed by atoms with Gasteiger partial charge in [0.05, 0.1) is 13.2 Å². The van der Waals surface area contributed by atoms with Gasteiger partial charge in [-0.2, -0.15) is 0 Å². The highest BCUT2D eigenvalue weighted by atomic mass is 16.5. The summed E-state index contributed by atoms with van der Waals surface area (Å²) in [5.41, 5.74) is 2.62. The van der Waals surface area contributed by atoms with Gasteiger partial charge in [0, 0.05) is 24.8 Å². The molecule has 6 heteroatoms. The van der Waals surface area contributed by atoms with Crippen LogP contribution in [0.15, 0.2) is 30.3 Å². The number of morpholine rings is 1. The van der Waals surface area contributed by atoms with Gasteiger partial charge in [-0.05, 0) is 24.5 Å². The minimum absolute atomic E-state index is 0.0750. The van der Waals surface area contributed by atoms with Gasteiger partial charge in [-0.15, -0.1) is 0 Å². The van der Waals surface area contributed by atoms with E-state index in [1.165, 1.54) is 5.56 Å². The standard InChI is InChI=1S/C19H24N4O2/c1-13(2)15-6-4-5-7-16(15)22-18-12-17(20-14(3)21-18)19(24)23-8-10-25-11-9-23/h4-7,12-13H,8-11H2,1-3H3,(H,20,21,22). The molecule has 0 atom stereocenters. The van der Waals surface area contributed by atoms with Crippen LogP contribution in [0.4, 0.5) is 11.5 Å². The van der Waals surface area contributed by atoms with Gasteiger partial charge < -0.3 is 15.0 Å². The number of carbonyl (C=O) groups excluding carboxylic acids is 1. The molecule has 2 aromatic rings. The van der Waals surface area contributed by atoms with E-state index in [0.717, 1.165) is 5.69 Å². The lowest BCUT2D eigenvalue weighted by Gasteiger charge is -2.26. The third kappa shape index (κ3) is 4.14. The second-order valence-electron chi connectivity index (χ2n) is 6.46. The zero-order valence-corrected chi connectivity index (χ0v) is 15.0. The van der Waals surface area contributed by atoms with Crippen molar-refractivity contribution in [3.63, 3.8) is 0 Å². The van der Waals surface area contributed by atoms with Crippen LogP contribution in [0, 0.1) is 6.92 Å². The smallest absolute Gasteiger partial charge is 0.272 e. The molecule has 6 nitrogen and oxygen atoms in total. The first-order valence-electron chi connectivity index (χ1n) is 8.63. The van der Waals surface area contributed by atoms with Crippen molar-refractivity contribution >= 4 is 17.4 Å². The van der Waals surface area contributed by atoms with Crippen LogP contribution in [0.5, 0.6) is 0 Å². The minimum Gasteiger partial charge on any atom is -0.378 e. The first-order valence-corrected chi connectivity index (χ1v) is 8.63. The molecule has 1 fully saturated rings. The fourth-order valence-corrected chi connectivity index (χ4v) is 2.92. The number of ether oxygens (including phenoxy) is 1. The predicted molar refractivity (Wildman–Crippen MR) is 97.3 cm³/mol. The van der Waals surface area contributed by atoms with Gasteiger partial charge in [-0.1, -0.05) is 32.0 Å². The Morgan fingerprint density at radius 3 is 2.64 bits per heavy atom. The van der Waals surface area contributed by atoms with Crippen molar-refractivity contribution in [2.24, 2.45) is 0 Å². The molecule has 0 bridgehead atoms. The number of hydrogen-bond donors (Lipinski definition) is 1. The molecule has 1 saturated heterocycles. The Hall–Kier alpha value is -2.47. The fourth-order valence-electron chi connectivity index (χ4n) is 2.92. The number of para-hydroxylation sites is 1. The van der Waals surface area contributed by atoms with Crippen molar-refractivity contribution < 1.29 is 9.53 Å². The zero-order chi connectivity index (χ0) is 17.8. The summed E-state index contributed by atoms with van der Waals surface area (Å²) in [4.78, 5) is 23.2. The van der Waals surface area contributed by atoms with Crippen molar-refractivity contribution in [3.8, 4) is 0 Å². The molecule has 1 amide bonds. The summed E-state index contributed by atoms with van der Waals surface area (Å²) in [6.07, 6.45) is 0. The van der Waals surface area contributed by atoms with Crippen molar-refractivity contribution in [2.45, 2.75) is 26.7 Å². The van der Waals surface area contributed by atoms with E-state index in [1.807, 2.05) is 18.2 Å². The molecule has 1 N–H and O–H groups in total. The number of carbonyl (C=O) groups is 1. The molecule has 25 heavy (non-hydrogen) atoms. The summed E-state index contributed by atoms with van der Waals surface area (Å²) in [6, 6.07) is 9.86.